The first-order valence-electron chi connectivity index (χ1n) is 5.28. The molecule has 1 aromatic carbocycles. The number of hydrogen-bond acceptors (Lipinski definition) is 3. The van der Waals surface area contributed by atoms with Crippen LogP contribution in [0.4, 0.5) is 0 Å². The Morgan fingerprint density at radius 1 is 1.29 bits per heavy atom. The number of sulfonamides is 1. The monoisotopic (exact) mass is 267 g/mol. The van der Waals surface area contributed by atoms with E-state index in [2.05, 4.69) is 4.40 Å². The standard InChI is InChI=1S/C12H13NO2S2/c1-10-4-6-12(7-5-10)17(14,15)13-9-11-3-2-8-16-11/h3-7,9H,2,8H2,1H3/b13-9+. The summed E-state index contributed by atoms with van der Waals surface area (Å²) in [5.41, 5.74) is 1.03. The van der Waals surface area contributed by atoms with Gasteiger partial charge in [-0.2, -0.15) is 12.8 Å². The van der Waals surface area contributed by atoms with Crippen LogP contribution in [0.25, 0.3) is 0 Å². The van der Waals surface area contributed by atoms with E-state index in [0.29, 0.717) is 0 Å². The number of rotatable bonds is 3. The Labute approximate surface area is 106 Å². The van der Waals surface area contributed by atoms with Crippen molar-refractivity contribution in [2.45, 2.75) is 18.2 Å². The molecule has 0 N–H and O–H groups in total. The Bertz CT molecular complexity index is 557. The second-order valence-corrected chi connectivity index (χ2v) is 6.57. The zero-order valence-corrected chi connectivity index (χ0v) is 11.1. The maximum Gasteiger partial charge on any atom is 0.282 e. The van der Waals surface area contributed by atoms with Gasteiger partial charge in [0.25, 0.3) is 10.0 Å². The first-order valence-corrected chi connectivity index (χ1v) is 7.70. The largest absolute Gasteiger partial charge is 0.282 e. The Hall–Kier alpha value is -1.07. The van der Waals surface area contributed by atoms with Crippen LogP contribution in [0.5, 0.6) is 0 Å². The van der Waals surface area contributed by atoms with E-state index in [1.54, 1.807) is 36.0 Å². The van der Waals surface area contributed by atoms with Crippen LogP contribution in [0.2, 0.25) is 0 Å². The lowest BCUT2D eigenvalue weighted by Gasteiger charge is -1.99. The minimum absolute atomic E-state index is 0.239. The number of thioether (sulfide) groups is 1. The van der Waals surface area contributed by atoms with Crippen molar-refractivity contribution in [1.29, 1.82) is 0 Å². The molecule has 1 aromatic rings. The molecule has 0 saturated heterocycles. The molecule has 17 heavy (non-hydrogen) atoms. The summed E-state index contributed by atoms with van der Waals surface area (Å²) in [6.07, 6.45) is 4.42. The van der Waals surface area contributed by atoms with Crippen LogP contribution < -0.4 is 0 Å². The minimum Gasteiger partial charge on any atom is -0.199 e. The molecule has 90 valence electrons. The second-order valence-electron chi connectivity index (χ2n) is 3.77. The van der Waals surface area contributed by atoms with Crippen LogP contribution in [-0.2, 0) is 10.0 Å². The van der Waals surface area contributed by atoms with Crippen LogP contribution in [0.15, 0.2) is 44.5 Å². The zero-order valence-electron chi connectivity index (χ0n) is 9.46. The van der Waals surface area contributed by atoms with Crippen LogP contribution in [-0.4, -0.2) is 20.4 Å². The molecular formula is C12H13NO2S2. The van der Waals surface area contributed by atoms with Crippen LogP contribution in [0, 0.1) is 6.92 Å². The van der Waals surface area contributed by atoms with Crippen molar-refractivity contribution in [3.05, 3.63) is 40.8 Å². The third kappa shape index (κ3) is 3.20. The summed E-state index contributed by atoms with van der Waals surface area (Å²) in [5.74, 6) is 1.01. The van der Waals surface area contributed by atoms with Crippen molar-refractivity contribution >= 4 is 28.0 Å². The van der Waals surface area contributed by atoms with E-state index in [0.717, 1.165) is 22.6 Å². The van der Waals surface area contributed by atoms with Gasteiger partial charge < -0.3 is 0 Å². The molecule has 0 fully saturated rings. The topological polar surface area (TPSA) is 46.5 Å². The van der Waals surface area contributed by atoms with Gasteiger partial charge in [-0.1, -0.05) is 23.8 Å². The van der Waals surface area contributed by atoms with E-state index in [1.807, 2.05) is 13.0 Å². The van der Waals surface area contributed by atoms with Crippen molar-refractivity contribution in [2.75, 3.05) is 5.75 Å². The molecule has 0 unspecified atom stereocenters. The Morgan fingerprint density at radius 3 is 2.59 bits per heavy atom. The van der Waals surface area contributed by atoms with Gasteiger partial charge in [-0.25, -0.2) is 0 Å². The molecular weight excluding hydrogens is 254 g/mol. The van der Waals surface area contributed by atoms with E-state index in [4.69, 9.17) is 0 Å². The molecule has 0 atom stereocenters. The number of benzene rings is 1. The highest BCUT2D eigenvalue weighted by Crippen LogP contribution is 2.23. The van der Waals surface area contributed by atoms with Gasteiger partial charge in [-0.3, -0.25) is 0 Å². The molecule has 5 heteroatoms. The maximum absolute atomic E-state index is 11.9. The zero-order chi connectivity index (χ0) is 12.3. The number of nitrogens with zero attached hydrogens (tertiary/aromatic N) is 1. The molecule has 0 aliphatic carbocycles. The van der Waals surface area contributed by atoms with E-state index in [-0.39, 0.29) is 4.90 Å². The summed E-state index contributed by atoms with van der Waals surface area (Å²) < 4.78 is 27.4. The number of hydrogen-bond donors (Lipinski definition) is 0. The summed E-state index contributed by atoms with van der Waals surface area (Å²) in [5, 5.41) is 0. The fourth-order valence-corrected chi connectivity index (χ4v) is 3.17. The smallest absolute Gasteiger partial charge is 0.199 e. The molecule has 1 heterocycles. The highest BCUT2D eigenvalue weighted by atomic mass is 32.2. The lowest BCUT2D eigenvalue weighted by atomic mass is 10.2. The van der Waals surface area contributed by atoms with Crippen molar-refractivity contribution in [1.82, 2.24) is 0 Å². The normalized spacial score (nSPS) is 16.4. The van der Waals surface area contributed by atoms with Gasteiger partial charge in [-0.15, -0.1) is 11.8 Å². The summed E-state index contributed by atoms with van der Waals surface area (Å²) >= 11 is 1.63. The summed E-state index contributed by atoms with van der Waals surface area (Å²) in [7, 11) is -3.55. The van der Waals surface area contributed by atoms with Crippen LogP contribution in [0.3, 0.4) is 0 Å². The number of aryl methyl sites for hydroxylation is 1. The first-order chi connectivity index (χ1) is 8.08. The average molecular weight is 267 g/mol. The third-order valence-electron chi connectivity index (χ3n) is 2.37. The maximum atomic E-state index is 11.9. The highest BCUT2D eigenvalue weighted by Gasteiger charge is 2.11. The second kappa shape index (κ2) is 5.06. The van der Waals surface area contributed by atoms with Gasteiger partial charge in [0, 0.05) is 10.7 Å². The van der Waals surface area contributed by atoms with E-state index < -0.39 is 10.0 Å². The highest BCUT2D eigenvalue weighted by molar-refractivity contribution is 8.04. The summed E-state index contributed by atoms with van der Waals surface area (Å²) in [4.78, 5) is 1.17. The molecule has 1 aliphatic rings. The first kappa shape index (κ1) is 12.4. The van der Waals surface area contributed by atoms with Gasteiger partial charge in [0.15, 0.2) is 0 Å². The minimum atomic E-state index is -3.55. The third-order valence-corrected chi connectivity index (χ3v) is 4.67. The molecule has 2 rings (SSSR count). The fraction of sp³-hybridized carbons (Fsp3) is 0.250. The molecule has 0 bridgehead atoms. The van der Waals surface area contributed by atoms with Gasteiger partial charge in [-0.05, 0) is 25.5 Å². The molecule has 0 saturated carbocycles. The SMILES string of the molecule is Cc1ccc(S(=O)(=O)/N=C/C2=CCCS2)cc1. The number of allylic oxidation sites excluding steroid dienone is 2. The van der Waals surface area contributed by atoms with Gasteiger partial charge >= 0.3 is 0 Å². The van der Waals surface area contributed by atoms with Crippen molar-refractivity contribution in [2.24, 2.45) is 4.40 Å². The Kier molecular flexibility index (Phi) is 3.69. The fourth-order valence-electron chi connectivity index (χ4n) is 1.42. The lowest BCUT2D eigenvalue weighted by molar-refractivity contribution is 0.598. The summed E-state index contributed by atoms with van der Waals surface area (Å²) in [6, 6.07) is 6.70. The predicted molar refractivity (Wildman–Crippen MR) is 72.0 cm³/mol. The Balaban J connectivity index is 2.21. The average Bonchev–Trinajstić information content (AvgIpc) is 2.80. The van der Waals surface area contributed by atoms with Crippen molar-refractivity contribution in [3.63, 3.8) is 0 Å². The van der Waals surface area contributed by atoms with Gasteiger partial charge in [0.1, 0.15) is 0 Å². The van der Waals surface area contributed by atoms with E-state index in [9.17, 15) is 8.42 Å². The molecule has 3 nitrogen and oxygen atoms in total. The quantitative estimate of drug-likeness (QED) is 0.791. The van der Waals surface area contributed by atoms with Crippen molar-refractivity contribution < 1.29 is 8.42 Å². The Morgan fingerprint density at radius 2 is 2.00 bits per heavy atom. The molecule has 0 radical (unpaired) electrons. The van der Waals surface area contributed by atoms with Crippen LogP contribution in [0.1, 0.15) is 12.0 Å². The van der Waals surface area contributed by atoms with Gasteiger partial charge in [0.05, 0.1) is 11.1 Å². The molecule has 0 aromatic heterocycles. The van der Waals surface area contributed by atoms with Crippen molar-refractivity contribution in [3.8, 4) is 0 Å². The van der Waals surface area contributed by atoms with Gasteiger partial charge in [0.2, 0.25) is 0 Å². The molecule has 0 spiro atoms. The lowest BCUT2D eigenvalue weighted by Crippen LogP contribution is -1.97. The van der Waals surface area contributed by atoms with Crippen LogP contribution >= 0.6 is 11.8 Å². The van der Waals surface area contributed by atoms with E-state index >= 15 is 0 Å². The summed E-state index contributed by atoms with van der Waals surface area (Å²) in [6.45, 7) is 1.92. The molecule has 1 aliphatic heterocycles. The molecule has 0 amide bonds. The predicted octanol–water partition coefficient (Wildman–Crippen LogP) is 2.78. The van der Waals surface area contributed by atoms with E-state index in [1.165, 1.54) is 6.21 Å².